The topological polar surface area (TPSA) is 84.6 Å². The number of hydrogen-bond donors (Lipinski definition) is 1. The van der Waals surface area contributed by atoms with Gasteiger partial charge in [-0.25, -0.2) is 5.43 Å². The molecule has 0 radical (unpaired) electrons. The van der Waals surface area contributed by atoms with Crippen molar-refractivity contribution in [2.24, 2.45) is 5.10 Å². The summed E-state index contributed by atoms with van der Waals surface area (Å²) in [7, 11) is 0. The number of nitro benzene ring substituents is 1. The molecule has 0 bridgehead atoms. The van der Waals surface area contributed by atoms with Crippen LogP contribution in [0.25, 0.3) is 0 Å². The molecule has 0 saturated carbocycles. The second-order valence-electron chi connectivity index (χ2n) is 4.14. The van der Waals surface area contributed by atoms with Crippen molar-refractivity contribution in [3.8, 4) is 0 Å². The molecule has 1 amide bonds. The number of nitro groups is 1. The van der Waals surface area contributed by atoms with E-state index in [1.54, 1.807) is 24.3 Å². The molecule has 0 aliphatic heterocycles. The van der Waals surface area contributed by atoms with Crippen molar-refractivity contribution < 1.29 is 9.72 Å². The average molecular weight is 338 g/mol. The molecule has 8 heteroatoms. The van der Waals surface area contributed by atoms with Gasteiger partial charge < -0.3 is 0 Å². The summed E-state index contributed by atoms with van der Waals surface area (Å²) in [4.78, 5) is 21.9. The molecule has 0 saturated heterocycles. The quantitative estimate of drug-likeness (QED) is 0.524. The minimum absolute atomic E-state index is 0.123. The Kier molecular flexibility index (Phi) is 5.08. The molecule has 0 aliphatic carbocycles. The summed E-state index contributed by atoms with van der Waals surface area (Å²) in [5.74, 6) is -0.472. The number of carbonyl (C=O) groups is 1. The lowest BCUT2D eigenvalue weighted by Gasteiger charge is -2.02. The fourth-order valence-corrected chi connectivity index (χ4v) is 2.05. The highest BCUT2D eigenvalue weighted by molar-refractivity contribution is 6.34. The number of nitrogens with zero attached hydrogens (tertiary/aromatic N) is 2. The normalized spacial score (nSPS) is 10.6. The van der Waals surface area contributed by atoms with Crippen molar-refractivity contribution in [1.29, 1.82) is 0 Å². The van der Waals surface area contributed by atoms with Gasteiger partial charge in [-0.3, -0.25) is 14.9 Å². The minimum Gasteiger partial charge on any atom is -0.267 e. The zero-order valence-corrected chi connectivity index (χ0v) is 12.5. The van der Waals surface area contributed by atoms with Crippen LogP contribution in [0.4, 0.5) is 5.69 Å². The summed E-state index contributed by atoms with van der Waals surface area (Å²) in [6.07, 6.45) is 1.29. The first-order valence-electron chi connectivity index (χ1n) is 6.01. The van der Waals surface area contributed by atoms with Crippen molar-refractivity contribution >= 4 is 41.0 Å². The molecule has 1 N–H and O–H groups in total. The molecule has 0 aliphatic rings. The van der Waals surface area contributed by atoms with Crippen LogP contribution in [0, 0.1) is 10.1 Å². The van der Waals surface area contributed by atoms with Gasteiger partial charge in [-0.1, -0.05) is 35.3 Å². The van der Waals surface area contributed by atoms with E-state index in [1.165, 1.54) is 24.4 Å². The number of carbonyl (C=O) groups excluding carboxylic acids is 1. The van der Waals surface area contributed by atoms with Crippen LogP contribution in [-0.2, 0) is 0 Å². The van der Waals surface area contributed by atoms with Crippen LogP contribution in [0.1, 0.15) is 15.9 Å². The third-order valence-electron chi connectivity index (χ3n) is 2.68. The predicted molar refractivity (Wildman–Crippen MR) is 84.6 cm³/mol. The Morgan fingerprint density at radius 1 is 1.18 bits per heavy atom. The van der Waals surface area contributed by atoms with Crippen LogP contribution in [-0.4, -0.2) is 17.0 Å². The zero-order chi connectivity index (χ0) is 16.1. The number of hydrogen-bond acceptors (Lipinski definition) is 4. The van der Waals surface area contributed by atoms with Gasteiger partial charge in [0.1, 0.15) is 0 Å². The van der Waals surface area contributed by atoms with Gasteiger partial charge in [0, 0.05) is 17.7 Å². The molecular formula is C14H9Cl2N3O3. The Labute approximate surface area is 135 Å². The molecule has 0 spiro atoms. The molecule has 2 rings (SSSR count). The lowest BCUT2D eigenvalue weighted by Crippen LogP contribution is -2.17. The maximum absolute atomic E-state index is 11.9. The van der Waals surface area contributed by atoms with Crippen LogP contribution >= 0.6 is 23.2 Å². The van der Waals surface area contributed by atoms with E-state index in [9.17, 15) is 14.9 Å². The molecule has 0 unspecified atom stereocenters. The molecule has 0 atom stereocenters. The van der Waals surface area contributed by atoms with Gasteiger partial charge in [0.2, 0.25) is 0 Å². The van der Waals surface area contributed by atoms with Crippen molar-refractivity contribution in [3.05, 3.63) is 73.8 Å². The van der Waals surface area contributed by atoms with Crippen LogP contribution < -0.4 is 5.43 Å². The predicted octanol–water partition coefficient (Wildman–Crippen LogP) is 3.67. The van der Waals surface area contributed by atoms with E-state index in [-0.39, 0.29) is 16.3 Å². The Bertz CT molecular complexity index is 763. The van der Waals surface area contributed by atoms with Gasteiger partial charge in [-0.2, -0.15) is 5.10 Å². The van der Waals surface area contributed by atoms with Crippen LogP contribution in [0.2, 0.25) is 10.0 Å². The highest BCUT2D eigenvalue weighted by atomic mass is 35.5. The summed E-state index contributed by atoms with van der Waals surface area (Å²) in [5.41, 5.74) is 2.91. The summed E-state index contributed by atoms with van der Waals surface area (Å²) in [6.45, 7) is 0. The van der Waals surface area contributed by atoms with E-state index in [4.69, 9.17) is 23.2 Å². The van der Waals surface area contributed by atoms with Crippen LogP contribution in [0.5, 0.6) is 0 Å². The summed E-state index contributed by atoms with van der Waals surface area (Å²) in [6, 6.07) is 10.5. The lowest BCUT2D eigenvalue weighted by atomic mass is 10.2. The van der Waals surface area contributed by atoms with E-state index in [1.807, 2.05) is 0 Å². The van der Waals surface area contributed by atoms with E-state index >= 15 is 0 Å². The number of rotatable bonds is 4. The number of halogens is 2. The smallest absolute Gasteiger partial charge is 0.267 e. The highest BCUT2D eigenvalue weighted by Crippen LogP contribution is 2.21. The zero-order valence-electron chi connectivity index (χ0n) is 11.0. The highest BCUT2D eigenvalue weighted by Gasteiger charge is 2.09. The monoisotopic (exact) mass is 337 g/mol. The number of hydrazone groups is 1. The maximum atomic E-state index is 11.9. The second kappa shape index (κ2) is 7.02. The van der Waals surface area contributed by atoms with Gasteiger partial charge in [0.05, 0.1) is 26.7 Å². The molecule has 2 aromatic rings. The third-order valence-corrected chi connectivity index (χ3v) is 3.34. The fraction of sp³-hybridized carbons (Fsp3) is 0. The van der Waals surface area contributed by atoms with Gasteiger partial charge >= 0.3 is 0 Å². The molecule has 112 valence electrons. The van der Waals surface area contributed by atoms with E-state index in [0.29, 0.717) is 10.6 Å². The van der Waals surface area contributed by atoms with E-state index < -0.39 is 10.8 Å². The molecule has 6 nitrogen and oxygen atoms in total. The standard InChI is InChI=1S/C14H9Cl2N3O3/c15-12-4-2-1-3-11(12)14(20)18-17-8-9-5-6-10(19(21)22)7-13(9)16/h1-8H,(H,18,20)/b17-8-. The van der Waals surface area contributed by atoms with Crippen LogP contribution in [0.15, 0.2) is 47.6 Å². The second-order valence-corrected chi connectivity index (χ2v) is 4.96. The summed E-state index contributed by atoms with van der Waals surface area (Å²) in [5, 5.41) is 14.8. The van der Waals surface area contributed by atoms with E-state index in [0.717, 1.165) is 0 Å². The number of benzene rings is 2. The van der Waals surface area contributed by atoms with Gasteiger partial charge in [0.25, 0.3) is 11.6 Å². The molecule has 0 fully saturated rings. The van der Waals surface area contributed by atoms with Gasteiger partial charge in [-0.15, -0.1) is 0 Å². The fourth-order valence-electron chi connectivity index (χ4n) is 1.60. The molecule has 2 aromatic carbocycles. The Balaban J connectivity index is 2.08. The largest absolute Gasteiger partial charge is 0.272 e. The van der Waals surface area contributed by atoms with Crippen LogP contribution in [0.3, 0.4) is 0 Å². The number of nitrogens with one attached hydrogen (secondary N) is 1. The SMILES string of the molecule is O=C(N/N=C\c1ccc([N+](=O)[O-])cc1Cl)c1ccccc1Cl. The Hall–Kier alpha value is -2.44. The van der Waals surface area contributed by atoms with Crippen molar-refractivity contribution in [2.75, 3.05) is 0 Å². The number of amides is 1. The molecular weight excluding hydrogens is 329 g/mol. The third kappa shape index (κ3) is 3.81. The first kappa shape index (κ1) is 15.9. The molecule has 0 heterocycles. The Morgan fingerprint density at radius 2 is 1.91 bits per heavy atom. The molecule has 22 heavy (non-hydrogen) atoms. The van der Waals surface area contributed by atoms with E-state index in [2.05, 4.69) is 10.5 Å². The van der Waals surface area contributed by atoms with Crippen molar-refractivity contribution in [2.45, 2.75) is 0 Å². The van der Waals surface area contributed by atoms with Crippen molar-refractivity contribution in [1.82, 2.24) is 5.43 Å². The number of non-ortho nitro benzene ring substituents is 1. The first-order valence-corrected chi connectivity index (χ1v) is 6.76. The molecule has 0 aromatic heterocycles. The Morgan fingerprint density at radius 3 is 2.55 bits per heavy atom. The van der Waals surface area contributed by atoms with Crippen molar-refractivity contribution in [3.63, 3.8) is 0 Å². The first-order chi connectivity index (χ1) is 10.5. The summed E-state index contributed by atoms with van der Waals surface area (Å²) < 4.78 is 0. The van der Waals surface area contributed by atoms with Gasteiger partial charge in [0.15, 0.2) is 0 Å². The lowest BCUT2D eigenvalue weighted by molar-refractivity contribution is -0.384. The average Bonchev–Trinajstić information content (AvgIpc) is 2.49. The maximum Gasteiger partial charge on any atom is 0.272 e. The summed E-state index contributed by atoms with van der Waals surface area (Å²) >= 11 is 11.8. The van der Waals surface area contributed by atoms with Gasteiger partial charge in [-0.05, 0) is 18.2 Å². The minimum atomic E-state index is -0.550.